The van der Waals surface area contributed by atoms with Crippen LogP contribution < -0.4 is 5.32 Å². The number of carboxylic acids is 1. The zero-order chi connectivity index (χ0) is 13.0. The molecule has 0 spiro atoms. The van der Waals surface area contributed by atoms with Crippen molar-refractivity contribution >= 4 is 17.9 Å². The van der Waals surface area contributed by atoms with Crippen LogP contribution in [-0.4, -0.2) is 66.0 Å². The molecule has 7 heteroatoms. The number of piperazine rings is 1. The Morgan fingerprint density at radius 1 is 1.59 bits per heavy atom. The smallest absolute Gasteiger partial charge is 0.320 e. The number of hydrogen-bond donors (Lipinski definition) is 2. The van der Waals surface area contributed by atoms with Gasteiger partial charge in [0.15, 0.2) is 0 Å². The Morgan fingerprint density at radius 3 is 2.76 bits per heavy atom. The third-order valence-corrected chi connectivity index (χ3v) is 2.60. The van der Waals surface area contributed by atoms with E-state index >= 15 is 0 Å². The second-order valence-corrected chi connectivity index (χ2v) is 4.17. The number of rotatable bonds is 3. The number of urea groups is 1. The summed E-state index contributed by atoms with van der Waals surface area (Å²) < 4.78 is 0. The van der Waals surface area contributed by atoms with Crippen LogP contribution in [0.25, 0.3) is 0 Å². The summed E-state index contributed by atoms with van der Waals surface area (Å²) in [5.74, 6) is -1.76. The molecule has 17 heavy (non-hydrogen) atoms. The predicted molar refractivity (Wildman–Crippen MR) is 59.4 cm³/mol. The number of carbonyl (C=O) groups excluding carboxylic acids is 2. The average molecular weight is 243 g/mol. The lowest BCUT2D eigenvalue weighted by molar-refractivity contribution is -0.141. The van der Waals surface area contributed by atoms with Crippen LogP contribution >= 0.6 is 0 Å². The Kier molecular flexibility index (Phi) is 4.30. The van der Waals surface area contributed by atoms with Crippen LogP contribution in [0.1, 0.15) is 6.92 Å². The summed E-state index contributed by atoms with van der Waals surface area (Å²) in [6, 6.07) is -0.312. The van der Waals surface area contributed by atoms with Crippen molar-refractivity contribution in [3.8, 4) is 0 Å². The Hall–Kier alpha value is -1.79. The highest BCUT2D eigenvalue weighted by atomic mass is 16.4. The zero-order valence-corrected chi connectivity index (χ0v) is 9.97. The minimum atomic E-state index is -0.943. The second-order valence-electron chi connectivity index (χ2n) is 4.17. The van der Waals surface area contributed by atoms with Crippen molar-refractivity contribution in [1.82, 2.24) is 15.1 Å². The van der Waals surface area contributed by atoms with Crippen molar-refractivity contribution in [2.45, 2.75) is 6.92 Å². The number of carboxylic acid groups (broad SMARTS) is 1. The molecular formula is C10H17N3O4. The van der Waals surface area contributed by atoms with Gasteiger partial charge >= 0.3 is 12.0 Å². The topological polar surface area (TPSA) is 90.0 Å². The highest BCUT2D eigenvalue weighted by Crippen LogP contribution is 2.04. The Bertz CT molecular complexity index is 332. The van der Waals surface area contributed by atoms with E-state index in [1.165, 1.54) is 23.8 Å². The fraction of sp³-hybridized carbons (Fsp3) is 0.700. The van der Waals surface area contributed by atoms with Gasteiger partial charge in [-0.05, 0) is 0 Å². The Balaban J connectivity index is 2.51. The van der Waals surface area contributed by atoms with E-state index < -0.39 is 11.9 Å². The van der Waals surface area contributed by atoms with E-state index in [0.717, 1.165) is 0 Å². The van der Waals surface area contributed by atoms with E-state index in [1.807, 2.05) is 0 Å². The van der Waals surface area contributed by atoms with Gasteiger partial charge in [-0.25, -0.2) is 4.79 Å². The van der Waals surface area contributed by atoms with Gasteiger partial charge in [-0.2, -0.15) is 0 Å². The number of carbonyl (C=O) groups is 3. The largest absolute Gasteiger partial charge is 0.481 e. The van der Waals surface area contributed by atoms with Crippen LogP contribution in [0, 0.1) is 5.92 Å². The number of hydrogen-bond acceptors (Lipinski definition) is 3. The van der Waals surface area contributed by atoms with Crippen molar-refractivity contribution in [2.24, 2.45) is 5.92 Å². The molecule has 3 amide bonds. The van der Waals surface area contributed by atoms with Crippen molar-refractivity contribution in [2.75, 3.05) is 33.2 Å². The first-order valence-electron chi connectivity index (χ1n) is 5.41. The number of nitrogens with zero attached hydrogens (tertiary/aromatic N) is 2. The molecular weight excluding hydrogens is 226 g/mol. The minimum Gasteiger partial charge on any atom is -0.481 e. The van der Waals surface area contributed by atoms with Gasteiger partial charge in [0.1, 0.15) is 6.54 Å². The Morgan fingerprint density at radius 2 is 2.24 bits per heavy atom. The van der Waals surface area contributed by atoms with Crippen molar-refractivity contribution in [3.63, 3.8) is 0 Å². The quantitative estimate of drug-likeness (QED) is 0.678. The number of amides is 3. The molecule has 1 rings (SSSR count). The molecule has 1 aliphatic heterocycles. The lowest BCUT2D eigenvalue weighted by Gasteiger charge is -2.31. The molecule has 1 saturated heterocycles. The standard InChI is InChI=1S/C10H17N3O4/c1-7(9(15)16)5-12(2)10(17)13-4-3-11-8(14)6-13/h7H,3-6H2,1-2H3,(H,11,14)(H,15,16). The molecule has 1 aliphatic rings. The third-order valence-electron chi connectivity index (χ3n) is 2.60. The molecule has 7 nitrogen and oxygen atoms in total. The van der Waals surface area contributed by atoms with Crippen LogP contribution in [0.5, 0.6) is 0 Å². The fourth-order valence-corrected chi connectivity index (χ4v) is 1.61. The van der Waals surface area contributed by atoms with Gasteiger partial charge in [0.25, 0.3) is 0 Å². The first-order chi connectivity index (χ1) is 7.91. The van der Waals surface area contributed by atoms with Crippen molar-refractivity contribution in [1.29, 1.82) is 0 Å². The van der Waals surface area contributed by atoms with Crippen molar-refractivity contribution < 1.29 is 19.5 Å². The normalized spacial score (nSPS) is 17.3. The van der Waals surface area contributed by atoms with Gasteiger partial charge in [0, 0.05) is 26.7 Å². The zero-order valence-electron chi connectivity index (χ0n) is 9.97. The fourth-order valence-electron chi connectivity index (χ4n) is 1.61. The van der Waals surface area contributed by atoms with Gasteiger partial charge in [0.05, 0.1) is 5.92 Å². The molecule has 0 aromatic carbocycles. The SMILES string of the molecule is CC(CN(C)C(=O)N1CCNC(=O)C1)C(=O)O. The molecule has 0 aliphatic carbocycles. The molecule has 0 aromatic heterocycles. The Labute approximate surface area is 99.4 Å². The summed E-state index contributed by atoms with van der Waals surface area (Å²) in [4.78, 5) is 36.4. The first kappa shape index (κ1) is 13.3. The molecule has 2 N–H and O–H groups in total. The number of nitrogens with one attached hydrogen (secondary N) is 1. The van der Waals surface area contributed by atoms with E-state index in [1.54, 1.807) is 0 Å². The van der Waals surface area contributed by atoms with Crippen LogP contribution in [0.4, 0.5) is 4.79 Å². The summed E-state index contributed by atoms with van der Waals surface area (Å²) in [5.41, 5.74) is 0. The molecule has 1 atom stereocenters. The van der Waals surface area contributed by atoms with Crippen LogP contribution in [0.3, 0.4) is 0 Å². The molecule has 0 radical (unpaired) electrons. The van der Waals surface area contributed by atoms with E-state index in [4.69, 9.17) is 5.11 Å². The monoisotopic (exact) mass is 243 g/mol. The molecule has 0 bridgehead atoms. The summed E-state index contributed by atoms with van der Waals surface area (Å²) in [6.45, 7) is 2.59. The molecule has 1 heterocycles. The maximum Gasteiger partial charge on any atom is 0.320 e. The summed E-state index contributed by atoms with van der Waals surface area (Å²) >= 11 is 0. The highest BCUT2D eigenvalue weighted by molar-refractivity contribution is 5.85. The molecule has 0 aromatic rings. The predicted octanol–water partition coefficient (Wildman–Crippen LogP) is -0.809. The van der Waals surface area contributed by atoms with E-state index in [9.17, 15) is 14.4 Å². The van der Waals surface area contributed by atoms with Crippen LogP contribution in [-0.2, 0) is 9.59 Å². The molecule has 0 saturated carbocycles. The minimum absolute atomic E-state index is 0.0324. The second kappa shape index (κ2) is 5.51. The van der Waals surface area contributed by atoms with Gasteiger partial charge in [-0.1, -0.05) is 6.92 Å². The summed E-state index contributed by atoms with van der Waals surface area (Å²) in [7, 11) is 1.54. The maximum absolute atomic E-state index is 11.9. The van der Waals surface area contributed by atoms with E-state index in [0.29, 0.717) is 13.1 Å². The average Bonchev–Trinajstić information content (AvgIpc) is 2.27. The molecule has 1 unspecified atom stereocenters. The van der Waals surface area contributed by atoms with Gasteiger partial charge in [0.2, 0.25) is 5.91 Å². The first-order valence-corrected chi connectivity index (χ1v) is 5.41. The summed E-state index contributed by atoms with van der Waals surface area (Å²) in [5, 5.41) is 11.4. The van der Waals surface area contributed by atoms with Gasteiger partial charge in [-0.3, -0.25) is 9.59 Å². The molecule has 96 valence electrons. The van der Waals surface area contributed by atoms with Crippen LogP contribution in [0.15, 0.2) is 0 Å². The van der Waals surface area contributed by atoms with E-state index in [2.05, 4.69) is 5.32 Å². The maximum atomic E-state index is 11.9. The van der Waals surface area contributed by atoms with Crippen LogP contribution in [0.2, 0.25) is 0 Å². The van der Waals surface area contributed by atoms with E-state index in [-0.39, 0.29) is 25.0 Å². The van der Waals surface area contributed by atoms with Crippen molar-refractivity contribution in [3.05, 3.63) is 0 Å². The lowest BCUT2D eigenvalue weighted by atomic mass is 10.2. The molecule has 1 fully saturated rings. The van der Waals surface area contributed by atoms with Gasteiger partial charge < -0.3 is 20.2 Å². The lowest BCUT2D eigenvalue weighted by Crippen LogP contribution is -2.53. The van der Waals surface area contributed by atoms with Gasteiger partial charge in [-0.15, -0.1) is 0 Å². The highest BCUT2D eigenvalue weighted by Gasteiger charge is 2.25. The summed E-state index contributed by atoms with van der Waals surface area (Å²) in [6.07, 6.45) is 0. The number of aliphatic carboxylic acids is 1. The third kappa shape index (κ3) is 3.61.